The van der Waals surface area contributed by atoms with Gasteiger partial charge < -0.3 is 5.11 Å². The van der Waals surface area contributed by atoms with Crippen LogP contribution in [0.2, 0.25) is 0 Å². The number of hydrogen-bond acceptors (Lipinski definition) is 2. The van der Waals surface area contributed by atoms with E-state index >= 15 is 0 Å². The molecule has 0 atom stereocenters. The molecule has 2 aromatic carbocycles. The van der Waals surface area contributed by atoms with Crippen LogP contribution in [-0.4, -0.2) is 16.1 Å². The maximum Gasteiger partial charge on any atom is 0.336 e. The van der Waals surface area contributed by atoms with Crippen LogP contribution in [0.1, 0.15) is 15.9 Å². The third-order valence-electron chi connectivity index (χ3n) is 3.32. The van der Waals surface area contributed by atoms with Crippen molar-refractivity contribution in [3.8, 4) is 11.1 Å². The zero-order chi connectivity index (χ0) is 14.1. The van der Waals surface area contributed by atoms with E-state index in [2.05, 4.69) is 4.98 Å². The Hall–Kier alpha value is -2.68. The van der Waals surface area contributed by atoms with Crippen LogP contribution in [0.5, 0.6) is 0 Å². The molecule has 3 nitrogen and oxygen atoms in total. The maximum absolute atomic E-state index is 11.4. The van der Waals surface area contributed by atoms with Gasteiger partial charge in [-0.25, -0.2) is 4.79 Å². The molecule has 1 heterocycles. The first-order chi connectivity index (χ1) is 9.65. The number of aryl methyl sites for hydroxylation is 1. The third kappa shape index (κ3) is 2.14. The second-order valence-corrected chi connectivity index (χ2v) is 4.77. The number of aromatic nitrogens is 1. The molecular weight excluding hydrogens is 250 g/mol. The standard InChI is InChI=1S/C17H13NO2/c1-11-4-7-14(15(9-11)17(19)20)13-6-5-12-3-2-8-18-16(12)10-13/h2-10H,1H3,(H,19,20). The van der Waals surface area contributed by atoms with Gasteiger partial charge in [-0.1, -0.05) is 35.9 Å². The number of rotatable bonds is 2. The zero-order valence-electron chi connectivity index (χ0n) is 11.0. The number of aromatic carboxylic acids is 1. The molecule has 0 saturated carbocycles. The van der Waals surface area contributed by atoms with E-state index in [0.29, 0.717) is 5.56 Å². The smallest absolute Gasteiger partial charge is 0.336 e. The lowest BCUT2D eigenvalue weighted by molar-refractivity contribution is 0.0697. The van der Waals surface area contributed by atoms with Gasteiger partial charge in [-0.15, -0.1) is 0 Å². The van der Waals surface area contributed by atoms with E-state index in [0.717, 1.165) is 27.6 Å². The quantitative estimate of drug-likeness (QED) is 0.762. The van der Waals surface area contributed by atoms with Crippen molar-refractivity contribution in [2.24, 2.45) is 0 Å². The highest BCUT2D eigenvalue weighted by molar-refractivity contribution is 5.97. The van der Waals surface area contributed by atoms with Crippen LogP contribution in [-0.2, 0) is 0 Å². The predicted octanol–water partition coefficient (Wildman–Crippen LogP) is 3.91. The number of benzene rings is 2. The third-order valence-corrected chi connectivity index (χ3v) is 3.32. The van der Waals surface area contributed by atoms with Crippen LogP contribution in [0.3, 0.4) is 0 Å². The number of fused-ring (bicyclic) bond motifs is 1. The van der Waals surface area contributed by atoms with Gasteiger partial charge in [-0.3, -0.25) is 4.98 Å². The van der Waals surface area contributed by atoms with Crippen molar-refractivity contribution in [3.63, 3.8) is 0 Å². The fourth-order valence-electron chi connectivity index (χ4n) is 2.32. The summed E-state index contributed by atoms with van der Waals surface area (Å²) >= 11 is 0. The number of carboxylic acid groups (broad SMARTS) is 1. The Morgan fingerprint density at radius 3 is 2.75 bits per heavy atom. The summed E-state index contributed by atoms with van der Waals surface area (Å²) in [6, 6.07) is 15.2. The molecule has 1 aromatic heterocycles. The monoisotopic (exact) mass is 263 g/mol. The lowest BCUT2D eigenvalue weighted by atomic mass is 9.97. The minimum atomic E-state index is -0.912. The Morgan fingerprint density at radius 2 is 1.95 bits per heavy atom. The van der Waals surface area contributed by atoms with Gasteiger partial charge in [0.05, 0.1) is 11.1 Å². The van der Waals surface area contributed by atoms with Crippen LogP contribution in [0, 0.1) is 6.92 Å². The molecule has 0 amide bonds. The fourth-order valence-corrected chi connectivity index (χ4v) is 2.32. The lowest BCUT2D eigenvalue weighted by Crippen LogP contribution is -2.00. The Morgan fingerprint density at radius 1 is 1.10 bits per heavy atom. The summed E-state index contributed by atoms with van der Waals surface area (Å²) in [5, 5.41) is 10.4. The molecule has 0 aliphatic rings. The molecule has 0 unspecified atom stereocenters. The minimum absolute atomic E-state index is 0.320. The van der Waals surface area contributed by atoms with Gasteiger partial charge in [0.15, 0.2) is 0 Å². The second kappa shape index (κ2) is 4.78. The maximum atomic E-state index is 11.4. The van der Waals surface area contributed by atoms with Crippen LogP contribution in [0.4, 0.5) is 0 Å². The normalized spacial score (nSPS) is 10.7. The molecular formula is C17H13NO2. The Bertz CT molecular complexity index is 809. The molecule has 98 valence electrons. The Kier molecular flexibility index (Phi) is 2.95. The van der Waals surface area contributed by atoms with E-state index in [1.54, 1.807) is 12.3 Å². The van der Waals surface area contributed by atoms with Crippen molar-refractivity contribution in [2.75, 3.05) is 0 Å². The van der Waals surface area contributed by atoms with Crippen molar-refractivity contribution in [3.05, 3.63) is 65.9 Å². The molecule has 0 aliphatic heterocycles. The first-order valence-electron chi connectivity index (χ1n) is 6.34. The molecule has 0 fully saturated rings. The van der Waals surface area contributed by atoms with E-state index < -0.39 is 5.97 Å². The summed E-state index contributed by atoms with van der Waals surface area (Å²) in [7, 11) is 0. The number of carboxylic acids is 1. The first-order valence-corrected chi connectivity index (χ1v) is 6.34. The molecule has 3 aromatic rings. The first kappa shape index (κ1) is 12.4. The van der Waals surface area contributed by atoms with Gasteiger partial charge in [0.25, 0.3) is 0 Å². The molecule has 1 N–H and O–H groups in total. The molecule has 0 radical (unpaired) electrons. The topological polar surface area (TPSA) is 50.2 Å². The van der Waals surface area contributed by atoms with Crippen LogP contribution in [0.25, 0.3) is 22.0 Å². The number of pyridine rings is 1. The van der Waals surface area contributed by atoms with E-state index in [1.165, 1.54) is 0 Å². The van der Waals surface area contributed by atoms with Gasteiger partial charge >= 0.3 is 5.97 Å². The number of nitrogens with zero attached hydrogens (tertiary/aromatic N) is 1. The van der Waals surface area contributed by atoms with Crippen molar-refractivity contribution in [2.45, 2.75) is 6.92 Å². The predicted molar refractivity (Wildman–Crippen MR) is 78.9 cm³/mol. The van der Waals surface area contributed by atoms with E-state index in [1.807, 2.05) is 49.4 Å². The highest BCUT2D eigenvalue weighted by Crippen LogP contribution is 2.27. The van der Waals surface area contributed by atoms with Gasteiger partial charge in [0.2, 0.25) is 0 Å². The minimum Gasteiger partial charge on any atom is -0.478 e. The molecule has 0 spiro atoms. The van der Waals surface area contributed by atoms with Gasteiger partial charge in [-0.05, 0) is 36.2 Å². The van der Waals surface area contributed by atoms with E-state index in [9.17, 15) is 9.90 Å². The van der Waals surface area contributed by atoms with E-state index in [4.69, 9.17) is 0 Å². The zero-order valence-corrected chi connectivity index (χ0v) is 11.0. The van der Waals surface area contributed by atoms with Crippen LogP contribution in [0.15, 0.2) is 54.7 Å². The summed E-state index contributed by atoms with van der Waals surface area (Å²) in [5.74, 6) is -0.912. The van der Waals surface area contributed by atoms with Crippen molar-refractivity contribution in [1.82, 2.24) is 4.98 Å². The largest absolute Gasteiger partial charge is 0.478 e. The summed E-state index contributed by atoms with van der Waals surface area (Å²) in [5.41, 5.74) is 3.71. The SMILES string of the molecule is Cc1ccc(-c2ccc3cccnc3c2)c(C(=O)O)c1. The summed E-state index contributed by atoms with van der Waals surface area (Å²) in [6.07, 6.45) is 1.74. The van der Waals surface area contributed by atoms with Crippen molar-refractivity contribution < 1.29 is 9.90 Å². The Labute approximate surface area is 116 Å². The van der Waals surface area contributed by atoms with E-state index in [-0.39, 0.29) is 0 Å². The molecule has 3 rings (SSSR count). The Balaban J connectivity index is 2.22. The highest BCUT2D eigenvalue weighted by atomic mass is 16.4. The summed E-state index contributed by atoms with van der Waals surface area (Å²) < 4.78 is 0. The molecule has 3 heteroatoms. The lowest BCUT2D eigenvalue weighted by Gasteiger charge is -2.08. The highest BCUT2D eigenvalue weighted by Gasteiger charge is 2.12. The van der Waals surface area contributed by atoms with Gasteiger partial charge in [-0.2, -0.15) is 0 Å². The van der Waals surface area contributed by atoms with Crippen molar-refractivity contribution in [1.29, 1.82) is 0 Å². The summed E-state index contributed by atoms with van der Waals surface area (Å²) in [6.45, 7) is 1.89. The van der Waals surface area contributed by atoms with Crippen LogP contribution >= 0.6 is 0 Å². The van der Waals surface area contributed by atoms with Crippen molar-refractivity contribution >= 4 is 16.9 Å². The average molecular weight is 263 g/mol. The summed E-state index contributed by atoms with van der Waals surface area (Å²) in [4.78, 5) is 15.7. The molecule has 20 heavy (non-hydrogen) atoms. The molecule has 0 saturated heterocycles. The van der Waals surface area contributed by atoms with Crippen LogP contribution < -0.4 is 0 Å². The molecule has 0 aliphatic carbocycles. The number of carbonyl (C=O) groups is 1. The number of hydrogen-bond donors (Lipinski definition) is 1. The molecule has 0 bridgehead atoms. The van der Waals surface area contributed by atoms with Gasteiger partial charge in [0, 0.05) is 11.6 Å². The average Bonchev–Trinajstić information content (AvgIpc) is 2.46. The fraction of sp³-hybridized carbons (Fsp3) is 0.0588. The second-order valence-electron chi connectivity index (χ2n) is 4.77. The van der Waals surface area contributed by atoms with Gasteiger partial charge in [0.1, 0.15) is 0 Å².